The third kappa shape index (κ3) is 25.5. The van der Waals surface area contributed by atoms with Gasteiger partial charge < -0.3 is 0 Å². The van der Waals surface area contributed by atoms with Gasteiger partial charge in [-0.1, -0.05) is 188 Å². The molecule has 0 fully saturated rings. The van der Waals surface area contributed by atoms with E-state index in [0.717, 1.165) is 52.7 Å². The highest BCUT2D eigenvalue weighted by atomic mass is 14.2. The summed E-state index contributed by atoms with van der Waals surface area (Å²) in [6.07, 6.45) is 17.7. The number of aryl methyl sites for hydroxylation is 1. The molecular formula is C46H74. The molecule has 0 saturated carbocycles. The van der Waals surface area contributed by atoms with Crippen molar-refractivity contribution in [3.63, 3.8) is 0 Å². The van der Waals surface area contributed by atoms with E-state index >= 15 is 0 Å². The summed E-state index contributed by atoms with van der Waals surface area (Å²) in [6, 6.07) is 18.9. The van der Waals surface area contributed by atoms with Gasteiger partial charge >= 0.3 is 0 Å². The molecule has 2 aromatic rings. The molecule has 258 valence electrons. The van der Waals surface area contributed by atoms with Crippen molar-refractivity contribution in [3.8, 4) is 12.3 Å². The Balaban J connectivity index is -0.000000232. The summed E-state index contributed by atoms with van der Waals surface area (Å²) in [5.41, 5.74) is 8.80. The van der Waals surface area contributed by atoms with Gasteiger partial charge in [-0.3, -0.25) is 0 Å². The van der Waals surface area contributed by atoms with Gasteiger partial charge in [-0.05, 0) is 78.2 Å². The molecule has 0 radical (unpaired) electrons. The number of hydrogen-bond donors (Lipinski definition) is 0. The van der Waals surface area contributed by atoms with Gasteiger partial charge in [0.1, 0.15) is 0 Å². The minimum atomic E-state index is 0.735. The van der Waals surface area contributed by atoms with Crippen molar-refractivity contribution in [2.45, 2.75) is 123 Å². The summed E-state index contributed by atoms with van der Waals surface area (Å²) in [4.78, 5) is 0. The van der Waals surface area contributed by atoms with Crippen LogP contribution in [0.3, 0.4) is 0 Å². The first kappa shape index (κ1) is 54.6. The number of benzene rings is 2. The van der Waals surface area contributed by atoms with Crippen LogP contribution < -0.4 is 0 Å². The first-order valence-electron chi connectivity index (χ1n) is 17.7. The molecule has 0 heteroatoms. The SMILES string of the molecule is C#CCCCC(=C)/C(C(=C)/C=C/C(C=C)=C/C)=C(/c1ccccc1)c1ccccc1C.C=CC.CC.CC.CC.CC.CC.CC. The second-order valence-electron chi connectivity index (χ2n) is 7.85. The maximum absolute atomic E-state index is 5.49. The standard InChI is InChI=1S/C31H32.C3H6.6C2H6/c1-7-10-12-18-25(5)30(26(6)22-23-27(8-2)9-3)31(28-19-13-11-14-20-28)29-21-16-15-17-24(29)4;1-3-2;6*1-2/h1,8-9,11,13-17,19-23H,2,5-6,10,12,18H2,3-4H3;3H,1H2,2H3;6*1-2H3/b23-22+,27-9+,31-30+;;;;;;;. The van der Waals surface area contributed by atoms with Crippen LogP contribution in [-0.2, 0) is 0 Å². The largest absolute Gasteiger partial charge is 0.120 e. The van der Waals surface area contributed by atoms with E-state index in [-0.39, 0.29) is 0 Å². The van der Waals surface area contributed by atoms with Crippen LogP contribution in [0.4, 0.5) is 0 Å². The quantitative estimate of drug-likeness (QED) is 0.106. The highest BCUT2D eigenvalue weighted by Gasteiger charge is 2.17. The zero-order valence-electron chi connectivity index (χ0n) is 33.1. The normalized spacial score (nSPS) is 9.30. The maximum atomic E-state index is 5.49. The minimum absolute atomic E-state index is 0.735. The molecule has 0 unspecified atom stereocenters. The molecule has 0 nitrogen and oxygen atoms in total. The molecule has 0 bridgehead atoms. The van der Waals surface area contributed by atoms with Gasteiger partial charge in [0.2, 0.25) is 0 Å². The van der Waals surface area contributed by atoms with Gasteiger partial charge in [-0.2, -0.15) is 0 Å². The highest BCUT2D eigenvalue weighted by Crippen LogP contribution is 2.37. The zero-order chi connectivity index (χ0) is 37.3. The first-order valence-corrected chi connectivity index (χ1v) is 17.7. The molecule has 0 aliphatic rings. The molecule has 0 aliphatic heterocycles. The molecule has 0 atom stereocenters. The van der Waals surface area contributed by atoms with E-state index in [4.69, 9.17) is 6.42 Å². The smallest absolute Gasteiger partial charge is 0.00892 e. The molecule has 46 heavy (non-hydrogen) atoms. The lowest BCUT2D eigenvalue weighted by atomic mass is 9.83. The molecule has 0 heterocycles. The second kappa shape index (κ2) is 45.6. The van der Waals surface area contributed by atoms with Crippen LogP contribution in [0, 0.1) is 19.3 Å². The summed E-state index contributed by atoms with van der Waals surface area (Å²) < 4.78 is 0. The van der Waals surface area contributed by atoms with Gasteiger partial charge in [0.05, 0.1) is 0 Å². The highest BCUT2D eigenvalue weighted by molar-refractivity contribution is 5.89. The Hall–Kier alpha value is -3.82. The lowest BCUT2D eigenvalue weighted by Crippen LogP contribution is -2.01. The fourth-order valence-electron chi connectivity index (χ4n) is 3.55. The number of hydrogen-bond acceptors (Lipinski definition) is 0. The van der Waals surface area contributed by atoms with Crippen molar-refractivity contribution < 1.29 is 0 Å². The van der Waals surface area contributed by atoms with Crippen LogP contribution in [0.2, 0.25) is 0 Å². The second-order valence-corrected chi connectivity index (χ2v) is 7.85. The van der Waals surface area contributed by atoms with E-state index in [0.29, 0.717) is 0 Å². The van der Waals surface area contributed by atoms with E-state index in [1.54, 1.807) is 6.08 Å². The van der Waals surface area contributed by atoms with Crippen LogP contribution in [0.1, 0.15) is 133 Å². The van der Waals surface area contributed by atoms with Gasteiger partial charge in [-0.25, -0.2) is 0 Å². The van der Waals surface area contributed by atoms with Crippen molar-refractivity contribution in [2.24, 2.45) is 0 Å². The average Bonchev–Trinajstić information content (AvgIpc) is 3.14. The predicted octanol–water partition coefficient (Wildman–Crippen LogP) is 15.8. The molecule has 2 rings (SSSR count). The van der Waals surface area contributed by atoms with E-state index in [9.17, 15) is 0 Å². The third-order valence-electron chi connectivity index (χ3n) is 5.25. The average molecular weight is 627 g/mol. The summed E-state index contributed by atoms with van der Waals surface area (Å²) >= 11 is 0. The van der Waals surface area contributed by atoms with Crippen molar-refractivity contribution in [1.29, 1.82) is 0 Å². The van der Waals surface area contributed by atoms with Crippen LogP contribution in [0.5, 0.6) is 0 Å². The minimum Gasteiger partial charge on any atom is -0.120 e. The van der Waals surface area contributed by atoms with Crippen LogP contribution in [-0.4, -0.2) is 0 Å². The van der Waals surface area contributed by atoms with Gasteiger partial charge in [0.15, 0.2) is 0 Å². The Kier molecular flexibility index (Phi) is 54.2. The summed E-state index contributed by atoms with van der Waals surface area (Å²) in [7, 11) is 0. The van der Waals surface area contributed by atoms with Crippen LogP contribution >= 0.6 is 0 Å². The van der Waals surface area contributed by atoms with Crippen molar-refractivity contribution >= 4 is 5.57 Å². The molecule has 0 N–H and O–H groups in total. The summed E-state index contributed by atoms with van der Waals surface area (Å²) in [5.74, 6) is 2.74. The number of rotatable bonds is 10. The van der Waals surface area contributed by atoms with Gasteiger partial charge in [-0.15, -0.1) is 18.9 Å². The fraction of sp³-hybridized carbons (Fsp3) is 0.391. The molecule has 2 aromatic carbocycles. The lowest BCUT2D eigenvalue weighted by Gasteiger charge is -2.21. The lowest BCUT2D eigenvalue weighted by molar-refractivity contribution is 0.857. The number of terminal acetylenes is 1. The predicted molar refractivity (Wildman–Crippen MR) is 222 cm³/mol. The molecule has 0 spiro atoms. The topological polar surface area (TPSA) is 0 Å². The van der Waals surface area contributed by atoms with Crippen molar-refractivity contribution in [3.05, 3.63) is 150 Å². The Morgan fingerprint density at radius 2 is 1.17 bits per heavy atom. The Morgan fingerprint density at radius 3 is 1.59 bits per heavy atom. The van der Waals surface area contributed by atoms with E-state index in [1.165, 1.54) is 11.1 Å². The van der Waals surface area contributed by atoms with E-state index in [2.05, 4.69) is 93.8 Å². The number of allylic oxidation sites excluding steroid dienone is 9. The first-order chi connectivity index (χ1) is 22.4. The van der Waals surface area contributed by atoms with E-state index in [1.807, 2.05) is 121 Å². The molecule has 0 amide bonds. The monoisotopic (exact) mass is 627 g/mol. The van der Waals surface area contributed by atoms with Gasteiger partial charge in [0.25, 0.3) is 0 Å². The summed E-state index contributed by atoms with van der Waals surface area (Å²) in [6.45, 7) is 46.2. The molecule has 0 aliphatic carbocycles. The number of unbranched alkanes of at least 4 members (excludes halogenated alkanes) is 1. The van der Waals surface area contributed by atoms with Crippen molar-refractivity contribution in [2.75, 3.05) is 0 Å². The maximum Gasteiger partial charge on any atom is 0.00892 e. The van der Waals surface area contributed by atoms with Crippen molar-refractivity contribution in [1.82, 2.24) is 0 Å². The fourth-order valence-corrected chi connectivity index (χ4v) is 3.55. The Labute approximate surface area is 290 Å². The summed E-state index contributed by atoms with van der Waals surface area (Å²) in [5, 5.41) is 0. The van der Waals surface area contributed by atoms with E-state index < -0.39 is 0 Å². The van der Waals surface area contributed by atoms with Crippen LogP contribution in [0.15, 0.2) is 134 Å². The molecule has 0 saturated heterocycles. The molecule has 0 aromatic heterocycles. The molecular weight excluding hydrogens is 553 g/mol. The van der Waals surface area contributed by atoms with Crippen LogP contribution in [0.25, 0.3) is 5.57 Å². The Morgan fingerprint density at radius 1 is 0.717 bits per heavy atom. The third-order valence-corrected chi connectivity index (χ3v) is 5.25. The van der Waals surface area contributed by atoms with Gasteiger partial charge in [0, 0.05) is 6.42 Å². The Bertz CT molecular complexity index is 1110. The zero-order valence-corrected chi connectivity index (χ0v) is 33.1.